The van der Waals surface area contributed by atoms with Gasteiger partial charge in [0.05, 0.1) is 12.1 Å². The van der Waals surface area contributed by atoms with Gasteiger partial charge >= 0.3 is 5.97 Å². The van der Waals surface area contributed by atoms with Crippen LogP contribution in [-0.4, -0.2) is 17.0 Å². The van der Waals surface area contributed by atoms with Crippen LogP contribution in [0.25, 0.3) is 0 Å². The highest BCUT2D eigenvalue weighted by Gasteiger charge is 2.15. The van der Waals surface area contributed by atoms with Crippen molar-refractivity contribution in [3.8, 4) is 0 Å². The number of benzene rings is 2. The van der Waals surface area contributed by atoms with Crippen molar-refractivity contribution in [1.29, 1.82) is 0 Å². The first-order valence-electron chi connectivity index (χ1n) is 7.21. The molecule has 0 fully saturated rings. The number of carbonyl (C=O) groups excluding carboxylic acids is 1. The van der Waals surface area contributed by atoms with Crippen LogP contribution in [0.3, 0.4) is 0 Å². The third-order valence-electron chi connectivity index (χ3n) is 3.56. The van der Waals surface area contributed by atoms with Crippen LogP contribution in [0.15, 0.2) is 48.5 Å². The minimum Gasteiger partial charge on any atom is -0.478 e. The van der Waals surface area contributed by atoms with Gasteiger partial charge in [0.1, 0.15) is 0 Å². The maximum atomic E-state index is 12.0. The van der Waals surface area contributed by atoms with Crippen LogP contribution in [0, 0.1) is 0 Å². The van der Waals surface area contributed by atoms with Crippen LogP contribution in [0.4, 0.5) is 5.69 Å². The van der Waals surface area contributed by atoms with Gasteiger partial charge in [-0.25, -0.2) is 4.79 Å². The van der Waals surface area contributed by atoms with Crippen molar-refractivity contribution < 1.29 is 14.7 Å². The highest BCUT2D eigenvalue weighted by molar-refractivity contribution is 5.92. The first-order valence-corrected chi connectivity index (χ1v) is 7.21. The minimum atomic E-state index is -0.967. The predicted molar refractivity (Wildman–Crippen MR) is 86.1 cm³/mol. The lowest BCUT2D eigenvalue weighted by Gasteiger charge is -2.24. The highest BCUT2D eigenvalue weighted by Crippen LogP contribution is 2.23. The molecular weight excluding hydrogens is 278 g/mol. The fourth-order valence-electron chi connectivity index (χ4n) is 2.42. The van der Waals surface area contributed by atoms with E-state index >= 15 is 0 Å². The standard InChI is InChI=1S/C18H19NO3/c1-3-15-8-4-5-10-17(15)19(13(2)20)12-14-7-6-9-16(11-14)18(21)22/h4-11H,3,12H2,1-2H3,(H,21,22). The molecule has 0 saturated heterocycles. The largest absolute Gasteiger partial charge is 0.478 e. The molecule has 0 aliphatic carbocycles. The Kier molecular flexibility index (Phi) is 4.94. The molecular formula is C18H19NO3. The normalized spacial score (nSPS) is 10.3. The van der Waals surface area contributed by atoms with Crippen LogP contribution in [0.2, 0.25) is 0 Å². The molecule has 4 heteroatoms. The molecule has 0 heterocycles. The van der Waals surface area contributed by atoms with Gasteiger partial charge in [-0.05, 0) is 35.7 Å². The number of hydrogen-bond donors (Lipinski definition) is 1. The first-order chi connectivity index (χ1) is 10.5. The summed E-state index contributed by atoms with van der Waals surface area (Å²) in [6.07, 6.45) is 0.828. The summed E-state index contributed by atoms with van der Waals surface area (Å²) < 4.78 is 0. The molecule has 0 aliphatic heterocycles. The van der Waals surface area contributed by atoms with Gasteiger partial charge in [-0.3, -0.25) is 4.79 Å². The molecule has 114 valence electrons. The van der Waals surface area contributed by atoms with E-state index in [1.165, 1.54) is 6.92 Å². The van der Waals surface area contributed by atoms with Gasteiger partial charge in [-0.15, -0.1) is 0 Å². The van der Waals surface area contributed by atoms with Gasteiger partial charge < -0.3 is 10.0 Å². The summed E-state index contributed by atoms with van der Waals surface area (Å²) in [7, 11) is 0. The molecule has 4 nitrogen and oxygen atoms in total. The van der Waals surface area contributed by atoms with E-state index in [4.69, 9.17) is 5.11 Å². The lowest BCUT2D eigenvalue weighted by molar-refractivity contribution is -0.116. The Hall–Kier alpha value is -2.62. The topological polar surface area (TPSA) is 57.6 Å². The quantitative estimate of drug-likeness (QED) is 0.919. The average Bonchev–Trinajstić information content (AvgIpc) is 2.52. The number of amides is 1. The SMILES string of the molecule is CCc1ccccc1N(Cc1cccc(C(=O)O)c1)C(C)=O. The predicted octanol–water partition coefficient (Wildman–Crippen LogP) is 3.50. The molecule has 0 unspecified atom stereocenters. The van der Waals surface area contributed by atoms with E-state index in [0.717, 1.165) is 23.2 Å². The number of aromatic carboxylic acids is 1. The fraction of sp³-hybridized carbons (Fsp3) is 0.222. The van der Waals surface area contributed by atoms with E-state index in [1.807, 2.05) is 37.3 Å². The molecule has 0 aliphatic rings. The lowest BCUT2D eigenvalue weighted by atomic mass is 10.1. The molecule has 2 aromatic carbocycles. The second-order valence-electron chi connectivity index (χ2n) is 5.09. The van der Waals surface area contributed by atoms with E-state index in [2.05, 4.69) is 0 Å². The third kappa shape index (κ3) is 3.52. The molecule has 0 atom stereocenters. The number of nitrogens with zero attached hydrogens (tertiary/aromatic N) is 1. The van der Waals surface area contributed by atoms with E-state index in [9.17, 15) is 9.59 Å². The van der Waals surface area contributed by atoms with Gasteiger partial charge in [0.15, 0.2) is 0 Å². The zero-order valence-corrected chi connectivity index (χ0v) is 12.7. The zero-order chi connectivity index (χ0) is 16.1. The van der Waals surface area contributed by atoms with Crippen molar-refractivity contribution in [2.75, 3.05) is 4.90 Å². The summed E-state index contributed by atoms with van der Waals surface area (Å²) in [6, 6.07) is 14.4. The van der Waals surface area contributed by atoms with E-state index in [0.29, 0.717) is 6.54 Å². The first kappa shape index (κ1) is 15.8. The third-order valence-corrected chi connectivity index (χ3v) is 3.56. The Labute approximate surface area is 130 Å². The summed E-state index contributed by atoms with van der Waals surface area (Å²) in [5.41, 5.74) is 2.98. The number of hydrogen-bond acceptors (Lipinski definition) is 2. The Morgan fingerprint density at radius 3 is 2.45 bits per heavy atom. The van der Waals surface area contributed by atoms with Crippen molar-refractivity contribution in [1.82, 2.24) is 0 Å². The number of carboxylic acids is 1. The minimum absolute atomic E-state index is 0.0679. The summed E-state index contributed by atoms with van der Waals surface area (Å²) in [5, 5.41) is 9.07. The number of anilines is 1. The van der Waals surface area contributed by atoms with Crippen molar-refractivity contribution in [2.24, 2.45) is 0 Å². The number of aryl methyl sites for hydroxylation is 1. The van der Waals surface area contributed by atoms with Crippen LogP contribution < -0.4 is 4.90 Å². The number of rotatable bonds is 5. The maximum absolute atomic E-state index is 12.0. The molecule has 2 rings (SSSR count). The maximum Gasteiger partial charge on any atom is 0.335 e. The van der Waals surface area contributed by atoms with Gasteiger partial charge in [-0.2, -0.15) is 0 Å². The van der Waals surface area contributed by atoms with E-state index in [1.54, 1.807) is 23.1 Å². The van der Waals surface area contributed by atoms with Gasteiger partial charge in [-0.1, -0.05) is 37.3 Å². The molecule has 1 amide bonds. The second kappa shape index (κ2) is 6.89. The second-order valence-corrected chi connectivity index (χ2v) is 5.09. The number of carbonyl (C=O) groups is 2. The molecule has 1 N–H and O–H groups in total. The average molecular weight is 297 g/mol. The van der Waals surface area contributed by atoms with Gasteiger partial charge in [0.2, 0.25) is 5.91 Å². The molecule has 0 saturated carbocycles. The van der Waals surface area contributed by atoms with Gasteiger partial charge in [0.25, 0.3) is 0 Å². The fourth-order valence-corrected chi connectivity index (χ4v) is 2.42. The van der Waals surface area contributed by atoms with Gasteiger partial charge in [0, 0.05) is 12.6 Å². The van der Waals surface area contributed by atoms with Crippen LogP contribution >= 0.6 is 0 Å². The van der Waals surface area contributed by atoms with Crippen molar-refractivity contribution in [2.45, 2.75) is 26.8 Å². The zero-order valence-electron chi connectivity index (χ0n) is 12.7. The van der Waals surface area contributed by atoms with Crippen molar-refractivity contribution in [3.05, 3.63) is 65.2 Å². The van der Waals surface area contributed by atoms with E-state index < -0.39 is 5.97 Å². The molecule has 2 aromatic rings. The van der Waals surface area contributed by atoms with Crippen LogP contribution in [0.1, 0.15) is 35.3 Å². The van der Waals surface area contributed by atoms with E-state index in [-0.39, 0.29) is 11.5 Å². The Morgan fingerprint density at radius 1 is 1.09 bits per heavy atom. The molecule has 0 radical (unpaired) electrons. The highest BCUT2D eigenvalue weighted by atomic mass is 16.4. The lowest BCUT2D eigenvalue weighted by Crippen LogP contribution is -2.28. The molecule has 0 aromatic heterocycles. The summed E-state index contributed by atoms with van der Waals surface area (Å²) in [6.45, 7) is 3.92. The molecule has 22 heavy (non-hydrogen) atoms. The number of para-hydroxylation sites is 1. The monoisotopic (exact) mass is 297 g/mol. The van der Waals surface area contributed by atoms with Crippen molar-refractivity contribution >= 4 is 17.6 Å². The summed E-state index contributed by atoms with van der Waals surface area (Å²) in [5.74, 6) is -1.04. The number of carboxylic acid groups (broad SMARTS) is 1. The molecule has 0 bridgehead atoms. The van der Waals surface area contributed by atoms with Crippen molar-refractivity contribution in [3.63, 3.8) is 0 Å². The Bertz CT molecular complexity index is 694. The summed E-state index contributed by atoms with van der Waals surface area (Å²) in [4.78, 5) is 24.8. The van der Waals surface area contributed by atoms with Crippen LogP contribution in [-0.2, 0) is 17.8 Å². The Balaban J connectivity index is 2.36. The smallest absolute Gasteiger partial charge is 0.335 e. The molecule has 0 spiro atoms. The Morgan fingerprint density at radius 2 is 1.82 bits per heavy atom. The summed E-state index contributed by atoms with van der Waals surface area (Å²) >= 11 is 0. The van der Waals surface area contributed by atoms with Crippen LogP contribution in [0.5, 0.6) is 0 Å².